The summed E-state index contributed by atoms with van der Waals surface area (Å²) in [6.07, 6.45) is 3.60. The van der Waals surface area contributed by atoms with E-state index in [9.17, 15) is 4.79 Å². The van der Waals surface area contributed by atoms with Gasteiger partial charge in [0.15, 0.2) is 0 Å². The molecule has 106 valence electrons. The number of anilines is 1. The molecular weight excluding hydrogens is 276 g/mol. The Bertz CT molecular complexity index is 598. The first kappa shape index (κ1) is 14.4. The number of aromatic nitrogens is 3. The van der Waals surface area contributed by atoms with Gasteiger partial charge in [0.05, 0.1) is 11.9 Å². The van der Waals surface area contributed by atoms with Crippen LogP contribution < -0.4 is 10.1 Å². The summed E-state index contributed by atoms with van der Waals surface area (Å²) in [5.74, 6) is 1.43. The molecule has 6 nitrogen and oxygen atoms in total. The van der Waals surface area contributed by atoms with Crippen molar-refractivity contribution in [3.05, 3.63) is 30.2 Å². The number of nitrogens with zero attached hydrogens (tertiary/aromatic N) is 3. The molecule has 1 N–H and O–H groups in total. The van der Waals surface area contributed by atoms with Gasteiger partial charge in [0.2, 0.25) is 11.8 Å². The van der Waals surface area contributed by atoms with Gasteiger partial charge in [-0.1, -0.05) is 0 Å². The summed E-state index contributed by atoms with van der Waals surface area (Å²) in [6.45, 7) is 1.81. The van der Waals surface area contributed by atoms with Gasteiger partial charge in [0.1, 0.15) is 11.4 Å². The monoisotopic (exact) mass is 292 g/mol. The van der Waals surface area contributed by atoms with Crippen molar-refractivity contribution in [2.45, 2.75) is 13.3 Å². The Morgan fingerprint density at radius 3 is 3.00 bits per heavy atom. The van der Waals surface area contributed by atoms with Crippen molar-refractivity contribution < 1.29 is 9.53 Å². The molecule has 20 heavy (non-hydrogen) atoms. The molecule has 7 heteroatoms. The summed E-state index contributed by atoms with van der Waals surface area (Å²) >= 11 is 4.04. The van der Waals surface area contributed by atoms with Crippen molar-refractivity contribution in [1.29, 1.82) is 0 Å². The van der Waals surface area contributed by atoms with Gasteiger partial charge in [-0.15, -0.1) is 0 Å². The summed E-state index contributed by atoms with van der Waals surface area (Å²) in [5, 5.41) is 7.06. The molecule has 0 aliphatic rings. The van der Waals surface area contributed by atoms with Gasteiger partial charge < -0.3 is 10.1 Å². The van der Waals surface area contributed by atoms with Crippen molar-refractivity contribution in [3.8, 4) is 11.6 Å². The molecule has 0 unspecified atom stereocenters. The number of hydrogen-bond donors (Lipinski definition) is 2. The standard InChI is InChI=1S/C13H16N4O2S/c1-9-12(15-11(18)5-7-20)13(17(2)16-9)19-10-4-3-6-14-8-10/h3-4,6,8,20H,5,7H2,1-2H3,(H,15,18). The number of carbonyl (C=O) groups is 1. The van der Waals surface area contributed by atoms with Crippen LogP contribution in [0.2, 0.25) is 0 Å². The molecule has 0 aliphatic heterocycles. The molecule has 0 fully saturated rings. The molecule has 0 saturated heterocycles. The van der Waals surface area contributed by atoms with Crippen molar-refractivity contribution in [2.75, 3.05) is 11.1 Å². The zero-order valence-electron chi connectivity index (χ0n) is 11.3. The van der Waals surface area contributed by atoms with Crippen LogP contribution in [0, 0.1) is 6.92 Å². The Morgan fingerprint density at radius 1 is 1.55 bits per heavy atom. The summed E-state index contributed by atoms with van der Waals surface area (Å²) in [4.78, 5) is 15.7. The van der Waals surface area contributed by atoms with Gasteiger partial charge in [0, 0.05) is 19.7 Å². The quantitative estimate of drug-likeness (QED) is 0.829. The Hall–Kier alpha value is -2.02. The fourth-order valence-electron chi connectivity index (χ4n) is 1.72. The highest BCUT2D eigenvalue weighted by Crippen LogP contribution is 2.31. The van der Waals surface area contributed by atoms with Crippen LogP contribution in [0.3, 0.4) is 0 Å². The lowest BCUT2D eigenvalue weighted by Crippen LogP contribution is -2.12. The van der Waals surface area contributed by atoms with E-state index >= 15 is 0 Å². The van der Waals surface area contributed by atoms with Gasteiger partial charge in [-0.05, 0) is 24.8 Å². The van der Waals surface area contributed by atoms with E-state index in [1.54, 1.807) is 36.3 Å². The number of nitrogens with one attached hydrogen (secondary N) is 1. The summed E-state index contributed by atoms with van der Waals surface area (Å²) in [6, 6.07) is 3.56. The summed E-state index contributed by atoms with van der Waals surface area (Å²) in [5.41, 5.74) is 1.27. The lowest BCUT2D eigenvalue weighted by atomic mass is 10.3. The molecule has 0 saturated carbocycles. The lowest BCUT2D eigenvalue weighted by Gasteiger charge is -2.09. The Labute approximate surface area is 122 Å². The zero-order valence-corrected chi connectivity index (χ0v) is 12.2. The second-order valence-electron chi connectivity index (χ2n) is 4.20. The first-order valence-corrected chi connectivity index (χ1v) is 6.77. The summed E-state index contributed by atoms with van der Waals surface area (Å²) in [7, 11) is 1.76. The van der Waals surface area contributed by atoms with E-state index in [1.165, 1.54) is 0 Å². The predicted octanol–water partition coefficient (Wildman–Crippen LogP) is 2.17. The Balaban J connectivity index is 2.26. The van der Waals surface area contributed by atoms with Gasteiger partial charge in [0.25, 0.3) is 0 Å². The first-order chi connectivity index (χ1) is 9.61. The van der Waals surface area contributed by atoms with Gasteiger partial charge in [-0.2, -0.15) is 17.7 Å². The van der Waals surface area contributed by atoms with E-state index in [1.807, 2.05) is 6.92 Å². The van der Waals surface area contributed by atoms with Crippen LogP contribution in [0.25, 0.3) is 0 Å². The van der Waals surface area contributed by atoms with E-state index < -0.39 is 0 Å². The fourth-order valence-corrected chi connectivity index (χ4v) is 1.92. The van der Waals surface area contributed by atoms with Gasteiger partial charge in [-0.3, -0.25) is 9.78 Å². The maximum absolute atomic E-state index is 11.7. The zero-order chi connectivity index (χ0) is 14.5. The Kier molecular flexibility index (Phi) is 4.62. The van der Waals surface area contributed by atoms with Crippen LogP contribution in [-0.2, 0) is 11.8 Å². The molecule has 2 aromatic heterocycles. The predicted molar refractivity (Wildman–Crippen MR) is 79.4 cm³/mol. The molecule has 2 rings (SSSR count). The van der Waals surface area contributed by atoms with Gasteiger partial charge in [-0.25, -0.2) is 4.68 Å². The van der Waals surface area contributed by atoms with E-state index in [0.29, 0.717) is 35.2 Å². The molecule has 0 radical (unpaired) electrons. The van der Waals surface area contributed by atoms with Crippen molar-refractivity contribution in [1.82, 2.24) is 14.8 Å². The van der Waals surface area contributed by atoms with Crippen LogP contribution in [0.4, 0.5) is 5.69 Å². The maximum Gasteiger partial charge on any atom is 0.241 e. The third kappa shape index (κ3) is 3.30. The van der Waals surface area contributed by atoms with Crippen LogP contribution in [-0.4, -0.2) is 26.4 Å². The molecule has 0 bridgehead atoms. The number of amides is 1. The lowest BCUT2D eigenvalue weighted by molar-refractivity contribution is -0.115. The second-order valence-corrected chi connectivity index (χ2v) is 4.65. The minimum absolute atomic E-state index is 0.118. The summed E-state index contributed by atoms with van der Waals surface area (Å²) < 4.78 is 7.33. The molecule has 0 aromatic carbocycles. The molecule has 2 heterocycles. The molecule has 0 atom stereocenters. The normalized spacial score (nSPS) is 10.3. The van der Waals surface area contributed by atoms with Crippen LogP contribution >= 0.6 is 12.6 Å². The first-order valence-electron chi connectivity index (χ1n) is 6.14. The highest BCUT2D eigenvalue weighted by molar-refractivity contribution is 7.80. The number of rotatable bonds is 5. The van der Waals surface area contributed by atoms with Crippen molar-refractivity contribution >= 4 is 24.2 Å². The number of pyridine rings is 1. The SMILES string of the molecule is Cc1nn(C)c(Oc2cccnc2)c1NC(=O)CCS. The smallest absolute Gasteiger partial charge is 0.241 e. The van der Waals surface area contributed by atoms with E-state index in [0.717, 1.165) is 0 Å². The highest BCUT2D eigenvalue weighted by atomic mass is 32.1. The van der Waals surface area contributed by atoms with E-state index in [-0.39, 0.29) is 5.91 Å². The number of aryl methyl sites for hydroxylation is 2. The molecule has 0 spiro atoms. The third-order valence-corrected chi connectivity index (χ3v) is 2.85. The molecule has 0 aliphatic carbocycles. The number of ether oxygens (including phenoxy) is 1. The van der Waals surface area contributed by atoms with Crippen LogP contribution in [0.5, 0.6) is 11.6 Å². The topological polar surface area (TPSA) is 69.0 Å². The average Bonchev–Trinajstić information content (AvgIpc) is 2.67. The largest absolute Gasteiger partial charge is 0.436 e. The number of thiol groups is 1. The van der Waals surface area contributed by atoms with E-state index in [4.69, 9.17) is 4.74 Å². The van der Waals surface area contributed by atoms with Gasteiger partial charge >= 0.3 is 0 Å². The fraction of sp³-hybridized carbons (Fsp3) is 0.308. The van der Waals surface area contributed by atoms with Crippen LogP contribution in [0.1, 0.15) is 12.1 Å². The van der Waals surface area contributed by atoms with E-state index in [2.05, 4.69) is 28.0 Å². The average molecular weight is 292 g/mol. The molecular formula is C13H16N4O2S. The van der Waals surface area contributed by atoms with Crippen molar-refractivity contribution in [3.63, 3.8) is 0 Å². The molecule has 2 aromatic rings. The minimum atomic E-state index is -0.118. The Morgan fingerprint density at radius 2 is 2.35 bits per heavy atom. The van der Waals surface area contributed by atoms with Crippen molar-refractivity contribution in [2.24, 2.45) is 7.05 Å². The minimum Gasteiger partial charge on any atom is -0.436 e. The molecule has 1 amide bonds. The maximum atomic E-state index is 11.7. The highest BCUT2D eigenvalue weighted by Gasteiger charge is 2.17. The third-order valence-electron chi connectivity index (χ3n) is 2.62. The number of carbonyl (C=O) groups excluding carboxylic acids is 1. The number of hydrogen-bond acceptors (Lipinski definition) is 5. The van der Waals surface area contributed by atoms with Crippen LogP contribution in [0.15, 0.2) is 24.5 Å². The second kappa shape index (κ2) is 6.42.